The van der Waals surface area contributed by atoms with Gasteiger partial charge in [-0.05, 0) is 78.9 Å². The number of pyridine rings is 2. The van der Waals surface area contributed by atoms with Gasteiger partial charge in [0, 0.05) is 65.4 Å². The zero-order chi connectivity index (χ0) is 36.7. The summed E-state index contributed by atoms with van der Waals surface area (Å²) in [5, 5.41) is 15.0. The highest BCUT2D eigenvalue weighted by atomic mass is 35.5. The van der Waals surface area contributed by atoms with Crippen LogP contribution in [0.15, 0.2) is 110 Å². The SMILES string of the molecule is Clc1ccc(Cc2nc(-c3ccncc3)sc2-c2ncn(C3CCCCO3)n2)cc1.Clc1ccc(Cc2nc(-c3ccncc3)sc2-c2ncn[nH]2)cc1. The molecule has 11 nitrogen and oxygen atoms in total. The number of thiazole rings is 2. The van der Waals surface area contributed by atoms with Crippen LogP contribution in [-0.2, 0) is 17.6 Å². The van der Waals surface area contributed by atoms with Gasteiger partial charge in [-0.25, -0.2) is 24.6 Å². The van der Waals surface area contributed by atoms with E-state index in [4.69, 9.17) is 43.0 Å². The zero-order valence-electron chi connectivity index (χ0n) is 28.7. The summed E-state index contributed by atoms with van der Waals surface area (Å²) in [7, 11) is 0. The fraction of sp³-hybridized carbons (Fsp3) is 0.179. The van der Waals surface area contributed by atoms with Crippen LogP contribution < -0.4 is 0 Å². The summed E-state index contributed by atoms with van der Waals surface area (Å²) in [6.45, 7) is 0.772. The van der Waals surface area contributed by atoms with Crippen LogP contribution in [0.25, 0.3) is 42.5 Å². The van der Waals surface area contributed by atoms with Gasteiger partial charge in [-0.1, -0.05) is 47.5 Å². The Labute approximate surface area is 329 Å². The molecule has 2 aromatic carbocycles. The molecule has 1 aliphatic heterocycles. The second kappa shape index (κ2) is 16.9. The average molecular weight is 792 g/mol. The van der Waals surface area contributed by atoms with E-state index in [0.717, 1.165) is 95.2 Å². The Hall–Kier alpha value is -5.18. The fourth-order valence-electron chi connectivity index (χ4n) is 5.89. The average Bonchev–Trinajstić information content (AvgIpc) is 4.06. The third kappa shape index (κ3) is 8.61. The second-order valence-electron chi connectivity index (χ2n) is 12.4. The molecule has 1 saturated heterocycles. The maximum atomic E-state index is 6.05. The molecule has 6 aromatic heterocycles. The highest BCUT2D eigenvalue weighted by Crippen LogP contribution is 2.37. The Morgan fingerprint density at radius 1 is 0.704 bits per heavy atom. The van der Waals surface area contributed by atoms with Crippen LogP contribution in [-0.4, -0.2) is 56.5 Å². The first kappa shape index (κ1) is 35.8. The predicted molar refractivity (Wildman–Crippen MR) is 212 cm³/mol. The van der Waals surface area contributed by atoms with Crippen molar-refractivity contribution >= 4 is 45.9 Å². The summed E-state index contributed by atoms with van der Waals surface area (Å²) in [6, 6.07) is 23.5. The Morgan fingerprint density at radius 2 is 1.28 bits per heavy atom. The van der Waals surface area contributed by atoms with Crippen molar-refractivity contribution in [2.45, 2.75) is 38.3 Å². The van der Waals surface area contributed by atoms with Crippen molar-refractivity contribution in [2.24, 2.45) is 0 Å². The molecule has 0 aliphatic carbocycles. The smallest absolute Gasteiger partial charge is 0.193 e. The Bertz CT molecular complexity index is 2390. The zero-order valence-corrected chi connectivity index (χ0v) is 31.9. The van der Waals surface area contributed by atoms with Crippen LogP contribution in [0.4, 0.5) is 0 Å². The highest BCUT2D eigenvalue weighted by Gasteiger charge is 2.22. The predicted octanol–water partition coefficient (Wildman–Crippen LogP) is 9.64. The number of ether oxygens (including phenoxy) is 1. The molecule has 54 heavy (non-hydrogen) atoms. The molecule has 0 bridgehead atoms. The third-order valence-corrected chi connectivity index (χ3v) is 11.4. The van der Waals surface area contributed by atoms with Crippen LogP contribution >= 0.6 is 45.9 Å². The van der Waals surface area contributed by atoms with Gasteiger partial charge in [-0.2, -0.15) is 5.10 Å². The van der Waals surface area contributed by atoms with E-state index in [1.165, 1.54) is 6.33 Å². The Balaban J connectivity index is 0.000000157. The van der Waals surface area contributed by atoms with Gasteiger partial charge in [0.1, 0.15) is 22.7 Å². The number of nitrogens with one attached hydrogen (secondary N) is 1. The second-order valence-corrected chi connectivity index (χ2v) is 15.2. The van der Waals surface area contributed by atoms with Crippen LogP contribution in [0.2, 0.25) is 10.0 Å². The number of hydrogen-bond donors (Lipinski definition) is 1. The van der Waals surface area contributed by atoms with E-state index >= 15 is 0 Å². The van der Waals surface area contributed by atoms with E-state index in [1.807, 2.05) is 77.5 Å². The summed E-state index contributed by atoms with van der Waals surface area (Å²) in [4.78, 5) is 28.8. The maximum absolute atomic E-state index is 6.05. The molecule has 0 amide bonds. The number of rotatable bonds is 9. The first-order valence-electron chi connectivity index (χ1n) is 17.2. The molecule has 1 aliphatic rings. The van der Waals surface area contributed by atoms with Gasteiger partial charge >= 0.3 is 0 Å². The Morgan fingerprint density at radius 3 is 1.81 bits per heavy atom. The van der Waals surface area contributed by atoms with Crippen LogP contribution in [0.5, 0.6) is 0 Å². The van der Waals surface area contributed by atoms with Gasteiger partial charge < -0.3 is 4.74 Å². The summed E-state index contributed by atoms with van der Waals surface area (Å²) in [5.74, 6) is 1.42. The third-order valence-electron chi connectivity index (χ3n) is 8.61. The van der Waals surface area contributed by atoms with Crippen LogP contribution in [0, 0.1) is 0 Å². The first-order valence-corrected chi connectivity index (χ1v) is 19.6. The van der Waals surface area contributed by atoms with Gasteiger partial charge in [-0.3, -0.25) is 15.1 Å². The number of aromatic nitrogens is 10. The molecule has 1 N–H and O–H groups in total. The minimum absolute atomic E-state index is 0.0349. The van der Waals surface area contributed by atoms with Gasteiger partial charge in [0.15, 0.2) is 17.9 Å². The van der Waals surface area contributed by atoms with Gasteiger partial charge in [-0.15, -0.1) is 27.8 Å². The molecule has 8 aromatic rings. The van der Waals surface area contributed by atoms with Crippen molar-refractivity contribution in [3.05, 3.63) is 143 Å². The maximum Gasteiger partial charge on any atom is 0.193 e. The lowest BCUT2D eigenvalue weighted by Crippen LogP contribution is -2.18. The molecule has 1 atom stereocenters. The summed E-state index contributed by atoms with van der Waals surface area (Å²) in [6.07, 6.45) is 14.9. The van der Waals surface area contributed by atoms with Crippen molar-refractivity contribution in [1.82, 2.24) is 49.9 Å². The fourth-order valence-corrected chi connectivity index (χ4v) is 8.20. The first-order chi connectivity index (χ1) is 26.6. The van der Waals surface area contributed by atoms with Crippen molar-refractivity contribution in [1.29, 1.82) is 0 Å². The van der Waals surface area contributed by atoms with E-state index < -0.39 is 0 Å². The minimum atomic E-state index is -0.0349. The minimum Gasteiger partial charge on any atom is -0.356 e. The summed E-state index contributed by atoms with van der Waals surface area (Å²) in [5.41, 5.74) is 6.28. The number of hydrogen-bond acceptors (Lipinski definition) is 11. The lowest BCUT2D eigenvalue weighted by Gasteiger charge is -2.21. The summed E-state index contributed by atoms with van der Waals surface area (Å²) >= 11 is 15.2. The van der Waals surface area contributed by atoms with E-state index in [0.29, 0.717) is 18.7 Å². The van der Waals surface area contributed by atoms with Crippen molar-refractivity contribution in [3.8, 4) is 42.5 Å². The lowest BCUT2D eigenvalue weighted by atomic mass is 10.1. The van der Waals surface area contributed by atoms with E-state index in [-0.39, 0.29) is 6.23 Å². The van der Waals surface area contributed by atoms with Crippen molar-refractivity contribution < 1.29 is 4.74 Å². The molecule has 1 fully saturated rings. The van der Waals surface area contributed by atoms with Crippen LogP contribution in [0.3, 0.4) is 0 Å². The molecule has 7 heterocycles. The van der Waals surface area contributed by atoms with E-state index in [9.17, 15) is 0 Å². The van der Waals surface area contributed by atoms with Gasteiger partial charge in [0.05, 0.1) is 21.1 Å². The Kier molecular flexibility index (Phi) is 11.2. The highest BCUT2D eigenvalue weighted by molar-refractivity contribution is 7.18. The largest absolute Gasteiger partial charge is 0.356 e. The standard InChI is InChI=1S/C22H20ClN5OS.C17H12ClN5S/c23-17-6-4-15(5-7-17)13-18-20(30-22(26-18)16-8-10-24-11-9-16)21-25-14-28(27-21)19-3-1-2-12-29-19;18-13-3-1-11(2-4-13)9-14-15(16-20-10-21-23-16)24-17(22-14)12-5-7-19-8-6-12/h4-11,14,19H,1-3,12-13H2;1-8,10H,9H2,(H,20,21,23). The molecule has 9 rings (SSSR count). The molecule has 0 radical (unpaired) electrons. The quantitative estimate of drug-likeness (QED) is 0.152. The van der Waals surface area contributed by atoms with Crippen molar-refractivity contribution in [2.75, 3.05) is 6.61 Å². The topological polar surface area (TPSA) is 133 Å². The normalized spacial score (nSPS) is 14.1. The number of benzene rings is 2. The van der Waals surface area contributed by atoms with E-state index in [2.05, 4.69) is 30.1 Å². The number of nitrogens with zero attached hydrogens (tertiary/aromatic N) is 9. The summed E-state index contributed by atoms with van der Waals surface area (Å²) < 4.78 is 7.69. The lowest BCUT2D eigenvalue weighted by molar-refractivity contribution is -0.0395. The molecule has 0 spiro atoms. The number of halogens is 2. The molecule has 15 heteroatoms. The van der Waals surface area contributed by atoms with Crippen molar-refractivity contribution in [3.63, 3.8) is 0 Å². The molecular formula is C39H32Cl2N10OS2. The van der Waals surface area contributed by atoms with Gasteiger partial charge in [0.25, 0.3) is 0 Å². The molecule has 1 unspecified atom stereocenters. The number of aromatic amines is 1. The molecule has 0 saturated carbocycles. The number of H-pyrrole nitrogens is 1. The van der Waals surface area contributed by atoms with Crippen LogP contribution in [0.1, 0.15) is 48.0 Å². The molecule has 270 valence electrons. The van der Waals surface area contributed by atoms with Gasteiger partial charge in [0.2, 0.25) is 0 Å². The molecular weight excluding hydrogens is 760 g/mol. The monoisotopic (exact) mass is 790 g/mol. The van der Waals surface area contributed by atoms with E-state index in [1.54, 1.807) is 53.8 Å².